The molecule has 5 nitrogen and oxygen atoms in total. The average Bonchev–Trinajstić information content (AvgIpc) is 2.14. The van der Waals surface area contributed by atoms with Crippen LogP contribution >= 0.6 is 0 Å². The molecule has 0 atom stereocenters. The van der Waals surface area contributed by atoms with Crippen molar-refractivity contribution >= 4 is 11.9 Å². The van der Waals surface area contributed by atoms with Crippen LogP contribution in [0.3, 0.4) is 0 Å². The molecule has 0 aromatic rings. The van der Waals surface area contributed by atoms with Gasteiger partial charge in [-0.3, -0.25) is 10.2 Å². The molecule has 0 heterocycles. The Balaban J connectivity index is 3.94. The van der Waals surface area contributed by atoms with Gasteiger partial charge < -0.3 is 5.73 Å². The average molecular weight is 201 g/mol. The molecule has 3 amide bonds. The third-order valence-corrected chi connectivity index (χ3v) is 1.95. The first-order valence-electron chi connectivity index (χ1n) is 4.97. The number of rotatable bonds is 5. The van der Waals surface area contributed by atoms with Crippen molar-refractivity contribution in [3.05, 3.63) is 0 Å². The number of hydrogen-bond acceptors (Lipinski definition) is 2. The lowest BCUT2D eigenvalue weighted by atomic mass is 9.98. The predicted molar refractivity (Wildman–Crippen MR) is 54.2 cm³/mol. The van der Waals surface area contributed by atoms with Crippen LogP contribution in [0.15, 0.2) is 0 Å². The first kappa shape index (κ1) is 12.7. The van der Waals surface area contributed by atoms with E-state index in [4.69, 9.17) is 5.73 Å². The van der Waals surface area contributed by atoms with Gasteiger partial charge >= 0.3 is 6.03 Å². The van der Waals surface area contributed by atoms with Crippen molar-refractivity contribution in [1.29, 1.82) is 0 Å². The van der Waals surface area contributed by atoms with Gasteiger partial charge in [0.15, 0.2) is 0 Å². The van der Waals surface area contributed by atoms with Gasteiger partial charge in [-0.15, -0.1) is 0 Å². The van der Waals surface area contributed by atoms with E-state index in [1.165, 1.54) is 0 Å². The van der Waals surface area contributed by atoms with E-state index in [0.717, 1.165) is 25.7 Å². The van der Waals surface area contributed by atoms with Crippen LogP contribution in [0.1, 0.15) is 39.5 Å². The predicted octanol–water partition coefficient (Wildman–Crippen LogP) is 0.902. The van der Waals surface area contributed by atoms with E-state index in [-0.39, 0.29) is 11.8 Å². The molecular formula is C9H19N3O2. The molecule has 0 aliphatic heterocycles. The van der Waals surface area contributed by atoms with Crippen LogP contribution in [0.2, 0.25) is 0 Å². The van der Waals surface area contributed by atoms with Gasteiger partial charge in [0.05, 0.1) is 0 Å². The van der Waals surface area contributed by atoms with Crippen molar-refractivity contribution in [2.75, 3.05) is 0 Å². The van der Waals surface area contributed by atoms with Crippen molar-refractivity contribution in [3.63, 3.8) is 0 Å². The lowest BCUT2D eigenvalue weighted by Crippen LogP contribution is -2.46. The summed E-state index contributed by atoms with van der Waals surface area (Å²) in [5, 5.41) is 0. The molecule has 0 saturated heterocycles. The molecule has 0 aromatic carbocycles. The quantitative estimate of drug-likeness (QED) is 0.577. The lowest BCUT2D eigenvalue weighted by Gasteiger charge is -2.14. The zero-order valence-corrected chi connectivity index (χ0v) is 8.80. The van der Waals surface area contributed by atoms with E-state index in [1.54, 1.807) is 0 Å². The third kappa shape index (κ3) is 5.40. The zero-order chi connectivity index (χ0) is 11.0. The maximum Gasteiger partial charge on any atom is 0.330 e. The molecular weight excluding hydrogens is 182 g/mol. The van der Waals surface area contributed by atoms with Crippen LogP contribution < -0.4 is 16.6 Å². The molecule has 0 aliphatic rings. The minimum atomic E-state index is -0.745. The summed E-state index contributed by atoms with van der Waals surface area (Å²) in [4.78, 5) is 21.8. The Kier molecular flexibility index (Phi) is 6.53. The highest BCUT2D eigenvalue weighted by atomic mass is 16.2. The monoisotopic (exact) mass is 201 g/mol. The van der Waals surface area contributed by atoms with Crippen LogP contribution in [0.4, 0.5) is 4.79 Å². The van der Waals surface area contributed by atoms with E-state index in [9.17, 15) is 9.59 Å². The number of carbonyl (C=O) groups excluding carboxylic acids is 2. The molecule has 0 fully saturated rings. The summed E-state index contributed by atoms with van der Waals surface area (Å²) in [6.07, 6.45) is 3.57. The second kappa shape index (κ2) is 7.17. The standard InChI is InChI=1S/C9H19N3O2/c1-3-5-7(6-4-2)8(13)11-12-9(10)14/h7H,3-6H2,1-2H3,(H,11,13)(H3,10,12,14). The fraction of sp³-hybridized carbons (Fsp3) is 0.778. The van der Waals surface area contributed by atoms with Gasteiger partial charge in [-0.1, -0.05) is 26.7 Å². The number of hydrazine groups is 1. The van der Waals surface area contributed by atoms with Gasteiger partial charge in [-0.05, 0) is 12.8 Å². The van der Waals surface area contributed by atoms with E-state index >= 15 is 0 Å². The lowest BCUT2D eigenvalue weighted by molar-refractivity contribution is -0.126. The molecule has 14 heavy (non-hydrogen) atoms. The highest BCUT2D eigenvalue weighted by Gasteiger charge is 2.16. The van der Waals surface area contributed by atoms with Gasteiger partial charge in [-0.25, -0.2) is 10.2 Å². The normalized spacial score (nSPS) is 9.93. The Bertz CT molecular complexity index is 188. The van der Waals surface area contributed by atoms with E-state index in [1.807, 2.05) is 13.8 Å². The largest absolute Gasteiger partial charge is 0.350 e. The van der Waals surface area contributed by atoms with Gasteiger partial charge in [0.25, 0.3) is 0 Å². The minimum absolute atomic E-state index is 0.0307. The van der Waals surface area contributed by atoms with Crippen molar-refractivity contribution in [1.82, 2.24) is 10.9 Å². The van der Waals surface area contributed by atoms with Gasteiger partial charge in [0, 0.05) is 5.92 Å². The van der Waals surface area contributed by atoms with E-state index in [0.29, 0.717) is 0 Å². The molecule has 0 aromatic heterocycles. The number of primary amides is 1. The Morgan fingerprint density at radius 2 is 1.64 bits per heavy atom. The fourth-order valence-electron chi connectivity index (χ4n) is 1.33. The molecule has 0 bridgehead atoms. The van der Waals surface area contributed by atoms with E-state index in [2.05, 4.69) is 10.9 Å². The summed E-state index contributed by atoms with van der Waals surface area (Å²) in [5.74, 6) is -0.190. The van der Waals surface area contributed by atoms with Crippen molar-refractivity contribution in [2.45, 2.75) is 39.5 Å². The van der Waals surface area contributed by atoms with Crippen molar-refractivity contribution in [3.8, 4) is 0 Å². The Hall–Kier alpha value is -1.26. The smallest absolute Gasteiger partial charge is 0.330 e. The van der Waals surface area contributed by atoms with Gasteiger partial charge in [-0.2, -0.15) is 0 Å². The Morgan fingerprint density at radius 1 is 1.14 bits per heavy atom. The van der Waals surface area contributed by atoms with Gasteiger partial charge in [0.2, 0.25) is 5.91 Å². The maximum absolute atomic E-state index is 11.4. The number of hydrogen-bond donors (Lipinski definition) is 3. The first-order valence-corrected chi connectivity index (χ1v) is 4.97. The molecule has 0 saturated carbocycles. The summed E-state index contributed by atoms with van der Waals surface area (Å²) in [6, 6.07) is -0.745. The van der Waals surface area contributed by atoms with Crippen molar-refractivity contribution < 1.29 is 9.59 Å². The summed E-state index contributed by atoms with van der Waals surface area (Å²) < 4.78 is 0. The number of nitrogens with two attached hydrogens (primary N) is 1. The van der Waals surface area contributed by atoms with Gasteiger partial charge in [0.1, 0.15) is 0 Å². The molecule has 0 rings (SSSR count). The molecule has 0 aliphatic carbocycles. The van der Waals surface area contributed by atoms with Crippen LogP contribution in [0.25, 0.3) is 0 Å². The second-order valence-electron chi connectivity index (χ2n) is 3.25. The minimum Gasteiger partial charge on any atom is -0.350 e. The highest BCUT2D eigenvalue weighted by Crippen LogP contribution is 2.12. The third-order valence-electron chi connectivity index (χ3n) is 1.95. The summed E-state index contributed by atoms with van der Waals surface area (Å²) in [6.45, 7) is 4.05. The summed E-state index contributed by atoms with van der Waals surface area (Å²) in [5.41, 5.74) is 9.19. The zero-order valence-electron chi connectivity index (χ0n) is 8.80. The molecule has 0 spiro atoms. The molecule has 82 valence electrons. The number of amides is 3. The van der Waals surface area contributed by atoms with Crippen LogP contribution in [-0.4, -0.2) is 11.9 Å². The second-order valence-corrected chi connectivity index (χ2v) is 3.25. The number of urea groups is 1. The highest BCUT2D eigenvalue weighted by molar-refractivity contribution is 5.81. The fourth-order valence-corrected chi connectivity index (χ4v) is 1.33. The topological polar surface area (TPSA) is 84.2 Å². The SMILES string of the molecule is CCCC(CCC)C(=O)NNC(N)=O. The van der Waals surface area contributed by atoms with E-state index < -0.39 is 6.03 Å². The summed E-state index contributed by atoms with van der Waals surface area (Å²) >= 11 is 0. The Labute approximate surface area is 84.4 Å². The number of carbonyl (C=O) groups is 2. The summed E-state index contributed by atoms with van der Waals surface area (Å²) in [7, 11) is 0. The molecule has 5 heteroatoms. The number of nitrogens with one attached hydrogen (secondary N) is 2. The molecule has 4 N–H and O–H groups in total. The Morgan fingerprint density at radius 3 is 2.00 bits per heavy atom. The maximum atomic E-state index is 11.4. The van der Waals surface area contributed by atoms with Crippen LogP contribution in [-0.2, 0) is 4.79 Å². The molecule has 0 unspecified atom stereocenters. The van der Waals surface area contributed by atoms with Crippen LogP contribution in [0.5, 0.6) is 0 Å². The van der Waals surface area contributed by atoms with Crippen molar-refractivity contribution in [2.24, 2.45) is 11.7 Å². The molecule has 0 radical (unpaired) electrons. The first-order chi connectivity index (χ1) is 6.61. The van der Waals surface area contributed by atoms with Crippen LogP contribution in [0, 0.1) is 5.92 Å².